The first-order valence-electron chi connectivity index (χ1n) is 0. The average Bonchev–Trinajstić information content (AvgIpc) is 0. The normalized spacial score (nSPS) is 0. The van der Waals surface area contributed by atoms with Crippen LogP contribution < -0.4 is 0 Å². The molecule has 0 aliphatic carbocycles. The van der Waals surface area contributed by atoms with Crippen LogP contribution in [0.2, 0.25) is 0 Å². The zero-order valence-corrected chi connectivity index (χ0v) is 8.07. The van der Waals surface area contributed by atoms with Gasteiger partial charge in [0.1, 0.15) is 0 Å². The summed E-state index contributed by atoms with van der Waals surface area (Å²) < 4.78 is 0. The van der Waals surface area contributed by atoms with Crippen LogP contribution in [0.1, 0.15) is 0 Å². The molecule has 0 bridgehead atoms. The number of hydrogen-bond acceptors (Lipinski definition) is 0. The molecular formula is H11GeSiSnTl. The fourth-order valence-corrected chi connectivity index (χ4v) is 0. The Kier molecular flexibility index (Phi) is 141. The second-order valence-corrected chi connectivity index (χ2v) is 0. The Bertz CT molecular complexity index is 8.00. The number of rotatable bonds is 0. The molecule has 26 valence electrons. The minimum absolute atomic E-state index is 0. The predicted molar refractivity (Wildman–Crippen MR) is 38.4 cm³/mol. The molecule has 0 saturated carbocycles. The summed E-state index contributed by atoms with van der Waals surface area (Å²) in [5, 5.41) is 0. The fourth-order valence-electron chi connectivity index (χ4n) is 0. The molecule has 4 heavy (non-hydrogen) atoms. The third kappa shape index (κ3) is 8.82. The molecule has 0 rings (SSSR count). The summed E-state index contributed by atoms with van der Waals surface area (Å²) in [4.78, 5) is 0. The zero-order chi connectivity index (χ0) is 0. The van der Waals surface area contributed by atoms with Gasteiger partial charge in [-0.25, -0.2) is 0 Å². The van der Waals surface area contributed by atoms with Crippen LogP contribution >= 0.6 is 0 Å². The molecule has 2 radical (unpaired) electrons. The van der Waals surface area contributed by atoms with E-state index in [1.54, 1.807) is 0 Å². The molecule has 0 spiro atoms. The SMILES string of the molecule is [GeH4].[SiH3].[SnH4].[Tl]. The van der Waals surface area contributed by atoms with Crippen molar-refractivity contribution in [2.45, 2.75) is 0 Å². The molecule has 0 saturated heterocycles. The smallest absolute Gasteiger partial charge is 0 e. The standard InChI is InChI=1S/GeH4.H3Si.Sn.Tl.4H/h1H4;1H3;;;;;;. The van der Waals surface area contributed by atoms with Crippen LogP contribution in [0.15, 0.2) is 0 Å². The molecule has 4 heteroatoms. The van der Waals surface area contributed by atoms with E-state index in [-0.39, 0.29) is 79.8 Å². The van der Waals surface area contributed by atoms with Gasteiger partial charge in [-0.3, -0.25) is 0 Å². The predicted octanol–water partition coefficient (Wildman–Crippen LogP) is -4.47. The van der Waals surface area contributed by atoms with Crippen molar-refractivity contribution >= 4 is 79.8 Å². The van der Waals surface area contributed by atoms with E-state index in [0.717, 1.165) is 0 Å². The van der Waals surface area contributed by atoms with Crippen LogP contribution in [0.25, 0.3) is 0 Å². The zero-order valence-electron chi connectivity index (χ0n) is 1.58. The first-order valence-corrected chi connectivity index (χ1v) is 0. The molecule has 0 unspecified atom stereocenters. The van der Waals surface area contributed by atoms with Crippen LogP contribution in [-0.2, 0) is 0 Å². The van der Waals surface area contributed by atoms with Gasteiger partial charge in [0.25, 0.3) is 0 Å². The number of hydrogen-bond donors (Lipinski definition) is 0. The summed E-state index contributed by atoms with van der Waals surface area (Å²) in [6.45, 7) is 0. The van der Waals surface area contributed by atoms with Crippen molar-refractivity contribution in [1.29, 1.82) is 0 Å². The van der Waals surface area contributed by atoms with Gasteiger partial charge in [0.15, 0.2) is 0 Å². The van der Waals surface area contributed by atoms with Crippen molar-refractivity contribution in [2.24, 2.45) is 0 Å². The van der Waals surface area contributed by atoms with Gasteiger partial charge in [0.2, 0.25) is 0 Å². The molecule has 0 fully saturated rings. The van der Waals surface area contributed by atoms with Crippen molar-refractivity contribution in [3.8, 4) is 0 Å². The van der Waals surface area contributed by atoms with Gasteiger partial charge in [0, 0.05) is 27.3 Å². The topological polar surface area (TPSA) is 0 Å². The van der Waals surface area contributed by atoms with Crippen LogP contribution in [0, 0.1) is 0 Å². The van der Waals surface area contributed by atoms with E-state index in [1.807, 2.05) is 0 Å². The van der Waals surface area contributed by atoms with Crippen LogP contribution in [-0.4, -0.2) is 79.8 Å². The Balaban J connectivity index is 0. The Morgan fingerprint density at radius 1 is 1.00 bits per heavy atom. The van der Waals surface area contributed by atoms with Crippen molar-refractivity contribution in [3.63, 3.8) is 0 Å². The molecular weight excluding hydrogens is 424 g/mol. The average molecular weight is 435 g/mol. The molecule has 0 aromatic rings. The molecule has 0 atom stereocenters. The Hall–Kier alpha value is 2.48. The molecule has 0 amide bonds. The second-order valence-electron chi connectivity index (χ2n) is 0. The van der Waals surface area contributed by atoms with Gasteiger partial charge in [0.05, 0.1) is 0 Å². The van der Waals surface area contributed by atoms with E-state index in [4.69, 9.17) is 0 Å². The fraction of sp³-hybridized carbons (Fsp3) is 0. The molecule has 0 aromatic heterocycles. The van der Waals surface area contributed by atoms with E-state index in [2.05, 4.69) is 0 Å². The third-order valence-corrected chi connectivity index (χ3v) is 0. The maximum absolute atomic E-state index is 0. The monoisotopic (exact) mass is 438 g/mol. The van der Waals surface area contributed by atoms with Crippen molar-refractivity contribution in [3.05, 3.63) is 0 Å². The van der Waals surface area contributed by atoms with E-state index in [1.165, 1.54) is 0 Å². The summed E-state index contributed by atoms with van der Waals surface area (Å²) in [6, 6.07) is 0. The van der Waals surface area contributed by atoms with Crippen LogP contribution in [0.3, 0.4) is 0 Å². The molecule has 0 N–H and O–H groups in total. The molecule has 0 aromatic carbocycles. The van der Waals surface area contributed by atoms with Gasteiger partial charge in [-0.1, -0.05) is 0 Å². The summed E-state index contributed by atoms with van der Waals surface area (Å²) in [7, 11) is 0. The minimum Gasteiger partial charge on any atom is 0 e. The Morgan fingerprint density at radius 3 is 1.00 bits per heavy atom. The van der Waals surface area contributed by atoms with Crippen molar-refractivity contribution in [1.82, 2.24) is 0 Å². The van der Waals surface area contributed by atoms with Gasteiger partial charge in [-0.15, -0.1) is 0 Å². The molecule has 0 aliphatic heterocycles. The maximum atomic E-state index is 0. The van der Waals surface area contributed by atoms with Crippen molar-refractivity contribution in [2.75, 3.05) is 0 Å². The third-order valence-electron chi connectivity index (χ3n) is 0. The van der Waals surface area contributed by atoms with Crippen LogP contribution in [0.4, 0.5) is 0 Å². The first kappa shape index (κ1) is 31.6. The largest absolute Gasteiger partial charge is 0 e. The molecule has 0 heterocycles. The summed E-state index contributed by atoms with van der Waals surface area (Å²) in [5.74, 6) is 0. The molecule has 0 aliphatic rings. The Morgan fingerprint density at radius 2 is 1.00 bits per heavy atom. The second kappa shape index (κ2) is 17.9. The van der Waals surface area contributed by atoms with E-state index in [9.17, 15) is 0 Å². The van der Waals surface area contributed by atoms with E-state index >= 15 is 0 Å². The van der Waals surface area contributed by atoms with E-state index in [0.29, 0.717) is 0 Å². The van der Waals surface area contributed by atoms with Crippen molar-refractivity contribution < 1.29 is 0 Å². The van der Waals surface area contributed by atoms with E-state index < -0.39 is 0 Å². The maximum Gasteiger partial charge on any atom is 0 e. The summed E-state index contributed by atoms with van der Waals surface area (Å²) in [6.07, 6.45) is 0. The van der Waals surface area contributed by atoms with Crippen LogP contribution in [0.5, 0.6) is 0 Å². The Labute approximate surface area is 78.6 Å². The van der Waals surface area contributed by atoms with Gasteiger partial charge in [-0.2, -0.15) is 0 Å². The van der Waals surface area contributed by atoms with Gasteiger partial charge < -0.3 is 0 Å². The summed E-state index contributed by atoms with van der Waals surface area (Å²) in [5.41, 5.74) is 0. The van der Waals surface area contributed by atoms with Gasteiger partial charge >= 0.3 is 41.5 Å². The summed E-state index contributed by atoms with van der Waals surface area (Å²) >= 11 is 0. The van der Waals surface area contributed by atoms with Gasteiger partial charge in [-0.05, 0) is 11.0 Å². The molecule has 0 nitrogen and oxygen atoms in total. The minimum atomic E-state index is 0. The first-order chi connectivity index (χ1) is 0. The quantitative estimate of drug-likeness (QED) is 0.337.